The van der Waals surface area contributed by atoms with Gasteiger partial charge in [0.1, 0.15) is 0 Å². The second-order valence-corrected chi connectivity index (χ2v) is 7.13. The highest BCUT2D eigenvalue weighted by molar-refractivity contribution is 4.81. The summed E-state index contributed by atoms with van der Waals surface area (Å²) >= 11 is 0. The van der Waals surface area contributed by atoms with Gasteiger partial charge in [-0.05, 0) is 50.7 Å². The average Bonchev–Trinajstić information content (AvgIpc) is 2.38. The lowest BCUT2D eigenvalue weighted by molar-refractivity contribution is 0.129. The number of nitrogens with one attached hydrogen (secondary N) is 1. The molecular formula is C17H36N2. The second-order valence-electron chi connectivity index (χ2n) is 7.13. The molecular weight excluding hydrogens is 232 g/mol. The Morgan fingerprint density at radius 3 is 2.32 bits per heavy atom. The lowest BCUT2D eigenvalue weighted by Crippen LogP contribution is -2.45. The minimum Gasteiger partial charge on any atom is -0.314 e. The van der Waals surface area contributed by atoms with Crippen molar-refractivity contribution in [3.8, 4) is 0 Å². The van der Waals surface area contributed by atoms with Gasteiger partial charge in [-0.25, -0.2) is 0 Å². The molecule has 0 radical (unpaired) electrons. The Kier molecular flexibility index (Phi) is 8.01. The SMILES string of the molecule is CCCCCC(C)(C)CN1CCC(NCCC)CC1. The summed E-state index contributed by atoms with van der Waals surface area (Å²) < 4.78 is 0. The number of hydrogen-bond donors (Lipinski definition) is 1. The largest absolute Gasteiger partial charge is 0.314 e. The van der Waals surface area contributed by atoms with E-state index in [1.54, 1.807) is 0 Å². The molecule has 1 heterocycles. The van der Waals surface area contributed by atoms with E-state index < -0.39 is 0 Å². The van der Waals surface area contributed by atoms with Crippen LogP contribution in [0.15, 0.2) is 0 Å². The van der Waals surface area contributed by atoms with Crippen LogP contribution in [0.1, 0.15) is 72.6 Å². The van der Waals surface area contributed by atoms with Crippen molar-refractivity contribution in [3.05, 3.63) is 0 Å². The summed E-state index contributed by atoms with van der Waals surface area (Å²) in [5.74, 6) is 0. The predicted octanol–water partition coefficient (Wildman–Crippen LogP) is 4.06. The number of likely N-dealkylation sites (tertiary alicyclic amines) is 1. The van der Waals surface area contributed by atoms with Crippen LogP contribution in [0.2, 0.25) is 0 Å². The normalized spacial score (nSPS) is 18.9. The Bertz CT molecular complexity index is 217. The van der Waals surface area contributed by atoms with Gasteiger partial charge in [-0.1, -0.05) is 47.0 Å². The van der Waals surface area contributed by atoms with E-state index in [0.717, 1.165) is 6.04 Å². The topological polar surface area (TPSA) is 15.3 Å². The fourth-order valence-electron chi connectivity index (χ4n) is 3.18. The van der Waals surface area contributed by atoms with Gasteiger partial charge in [0.25, 0.3) is 0 Å². The third-order valence-corrected chi connectivity index (χ3v) is 4.38. The van der Waals surface area contributed by atoms with Gasteiger partial charge in [0, 0.05) is 12.6 Å². The second kappa shape index (κ2) is 8.97. The molecule has 0 amide bonds. The summed E-state index contributed by atoms with van der Waals surface area (Å²) in [7, 11) is 0. The van der Waals surface area contributed by atoms with Gasteiger partial charge < -0.3 is 10.2 Å². The summed E-state index contributed by atoms with van der Waals surface area (Å²) in [6.45, 7) is 14.5. The van der Waals surface area contributed by atoms with E-state index in [4.69, 9.17) is 0 Å². The molecule has 1 aliphatic heterocycles. The molecule has 0 bridgehead atoms. The van der Waals surface area contributed by atoms with Gasteiger partial charge in [-0.3, -0.25) is 0 Å². The molecule has 1 rings (SSSR count). The number of hydrogen-bond acceptors (Lipinski definition) is 2. The Morgan fingerprint density at radius 1 is 1.05 bits per heavy atom. The van der Waals surface area contributed by atoms with E-state index in [9.17, 15) is 0 Å². The van der Waals surface area contributed by atoms with Crippen LogP contribution in [0.5, 0.6) is 0 Å². The predicted molar refractivity (Wildman–Crippen MR) is 85.7 cm³/mol. The first-order valence-electron chi connectivity index (χ1n) is 8.53. The van der Waals surface area contributed by atoms with Crippen LogP contribution in [-0.4, -0.2) is 37.1 Å². The van der Waals surface area contributed by atoms with E-state index in [1.807, 2.05) is 0 Å². The van der Waals surface area contributed by atoms with Crippen LogP contribution in [-0.2, 0) is 0 Å². The number of rotatable bonds is 9. The first kappa shape index (κ1) is 17.0. The van der Waals surface area contributed by atoms with Crippen molar-refractivity contribution in [1.82, 2.24) is 10.2 Å². The Hall–Kier alpha value is -0.0800. The van der Waals surface area contributed by atoms with Gasteiger partial charge in [0.05, 0.1) is 0 Å². The summed E-state index contributed by atoms with van der Waals surface area (Å²) in [5.41, 5.74) is 0.499. The zero-order valence-corrected chi connectivity index (χ0v) is 13.8. The molecule has 0 aromatic rings. The monoisotopic (exact) mass is 268 g/mol. The van der Waals surface area contributed by atoms with Crippen LogP contribution >= 0.6 is 0 Å². The first-order chi connectivity index (χ1) is 9.07. The van der Waals surface area contributed by atoms with E-state index >= 15 is 0 Å². The van der Waals surface area contributed by atoms with Gasteiger partial charge in [0.15, 0.2) is 0 Å². The van der Waals surface area contributed by atoms with Crippen LogP contribution in [0, 0.1) is 5.41 Å². The first-order valence-corrected chi connectivity index (χ1v) is 8.53. The fourth-order valence-corrected chi connectivity index (χ4v) is 3.18. The van der Waals surface area contributed by atoms with Crippen LogP contribution in [0.4, 0.5) is 0 Å². The van der Waals surface area contributed by atoms with Crippen molar-refractivity contribution in [3.63, 3.8) is 0 Å². The summed E-state index contributed by atoms with van der Waals surface area (Å²) in [6.07, 6.45) is 9.45. The van der Waals surface area contributed by atoms with Gasteiger partial charge >= 0.3 is 0 Å². The molecule has 2 nitrogen and oxygen atoms in total. The molecule has 1 fully saturated rings. The highest BCUT2D eigenvalue weighted by Gasteiger charge is 2.25. The van der Waals surface area contributed by atoms with Gasteiger partial charge in [-0.2, -0.15) is 0 Å². The third-order valence-electron chi connectivity index (χ3n) is 4.38. The molecule has 0 atom stereocenters. The molecule has 0 aromatic carbocycles. The summed E-state index contributed by atoms with van der Waals surface area (Å²) in [4.78, 5) is 2.69. The molecule has 1 saturated heterocycles. The van der Waals surface area contributed by atoms with Crippen LogP contribution < -0.4 is 5.32 Å². The molecule has 0 spiro atoms. The number of piperidine rings is 1. The molecule has 2 heteroatoms. The van der Waals surface area contributed by atoms with Crippen molar-refractivity contribution < 1.29 is 0 Å². The summed E-state index contributed by atoms with van der Waals surface area (Å²) in [6, 6.07) is 0.777. The molecule has 0 saturated carbocycles. The van der Waals surface area contributed by atoms with Gasteiger partial charge in [0.2, 0.25) is 0 Å². The Balaban J connectivity index is 2.20. The van der Waals surface area contributed by atoms with E-state index in [0.29, 0.717) is 5.41 Å². The molecule has 114 valence electrons. The highest BCUT2D eigenvalue weighted by atomic mass is 15.1. The fraction of sp³-hybridized carbons (Fsp3) is 1.00. The number of nitrogens with zero attached hydrogens (tertiary/aromatic N) is 1. The van der Waals surface area contributed by atoms with Crippen molar-refractivity contribution in [1.29, 1.82) is 0 Å². The van der Waals surface area contributed by atoms with Crippen molar-refractivity contribution in [2.45, 2.75) is 78.7 Å². The quantitative estimate of drug-likeness (QED) is 0.635. The maximum atomic E-state index is 3.67. The molecule has 0 aromatic heterocycles. The van der Waals surface area contributed by atoms with Crippen LogP contribution in [0.3, 0.4) is 0 Å². The number of unbranched alkanes of at least 4 members (excludes halogenated alkanes) is 2. The zero-order valence-electron chi connectivity index (χ0n) is 13.8. The molecule has 1 N–H and O–H groups in total. The Morgan fingerprint density at radius 2 is 1.74 bits per heavy atom. The van der Waals surface area contributed by atoms with Crippen molar-refractivity contribution in [2.75, 3.05) is 26.2 Å². The van der Waals surface area contributed by atoms with Crippen molar-refractivity contribution >= 4 is 0 Å². The maximum Gasteiger partial charge on any atom is 0.00914 e. The molecule has 1 aliphatic rings. The van der Waals surface area contributed by atoms with Gasteiger partial charge in [-0.15, -0.1) is 0 Å². The zero-order chi connectivity index (χ0) is 14.1. The molecule has 0 unspecified atom stereocenters. The Labute approximate surface area is 121 Å². The minimum atomic E-state index is 0.499. The lowest BCUT2D eigenvalue weighted by atomic mass is 9.85. The minimum absolute atomic E-state index is 0.499. The van der Waals surface area contributed by atoms with Crippen LogP contribution in [0.25, 0.3) is 0 Å². The maximum absolute atomic E-state index is 3.67. The molecule has 0 aliphatic carbocycles. The average molecular weight is 268 g/mol. The van der Waals surface area contributed by atoms with E-state index in [1.165, 1.54) is 71.1 Å². The van der Waals surface area contributed by atoms with E-state index in [2.05, 4.69) is 37.9 Å². The highest BCUT2D eigenvalue weighted by Crippen LogP contribution is 2.26. The molecule has 19 heavy (non-hydrogen) atoms. The lowest BCUT2D eigenvalue weighted by Gasteiger charge is -2.37. The standard InChI is InChI=1S/C17H36N2/c1-5-7-8-11-17(3,4)15-19-13-9-16(10-14-19)18-12-6-2/h16,18H,5-15H2,1-4H3. The third kappa shape index (κ3) is 7.31. The van der Waals surface area contributed by atoms with E-state index in [-0.39, 0.29) is 0 Å². The summed E-state index contributed by atoms with van der Waals surface area (Å²) in [5, 5.41) is 3.67. The smallest absolute Gasteiger partial charge is 0.00914 e. The van der Waals surface area contributed by atoms with Crippen molar-refractivity contribution in [2.24, 2.45) is 5.41 Å².